The van der Waals surface area contributed by atoms with E-state index in [0.717, 1.165) is 37.0 Å². The van der Waals surface area contributed by atoms with Crippen LogP contribution >= 0.6 is 0 Å². The third-order valence-electron chi connectivity index (χ3n) is 5.61. The minimum atomic E-state index is -0.521. The smallest absolute Gasteiger partial charge is 0.410 e. The number of anilines is 1. The summed E-state index contributed by atoms with van der Waals surface area (Å²) in [6.45, 7) is 8.44. The quantitative estimate of drug-likeness (QED) is 0.720. The first-order valence-electron chi connectivity index (χ1n) is 11.0. The second-order valence-electron chi connectivity index (χ2n) is 9.15. The molecule has 1 aromatic carbocycles. The van der Waals surface area contributed by atoms with Crippen molar-refractivity contribution >= 4 is 11.8 Å². The molecule has 31 heavy (non-hydrogen) atoms. The maximum absolute atomic E-state index is 15.0. The summed E-state index contributed by atoms with van der Waals surface area (Å²) in [5.41, 5.74) is 1.69. The van der Waals surface area contributed by atoms with E-state index in [-0.39, 0.29) is 18.1 Å². The van der Waals surface area contributed by atoms with E-state index in [1.165, 1.54) is 0 Å². The molecule has 0 radical (unpaired) electrons. The van der Waals surface area contributed by atoms with E-state index in [2.05, 4.69) is 5.10 Å². The Balaban J connectivity index is 1.39. The zero-order chi connectivity index (χ0) is 22.0. The average molecular weight is 431 g/mol. The van der Waals surface area contributed by atoms with Gasteiger partial charge in [0.2, 0.25) is 0 Å². The Kier molecular flexibility index (Phi) is 6.18. The van der Waals surface area contributed by atoms with Gasteiger partial charge in [0.1, 0.15) is 17.6 Å². The average Bonchev–Trinajstić information content (AvgIpc) is 3.24. The molecule has 2 saturated heterocycles. The van der Waals surface area contributed by atoms with Gasteiger partial charge in [0.25, 0.3) is 0 Å². The molecule has 2 fully saturated rings. The Morgan fingerprint density at radius 3 is 2.58 bits per heavy atom. The first kappa shape index (κ1) is 21.6. The van der Waals surface area contributed by atoms with Gasteiger partial charge in [-0.3, -0.25) is 0 Å². The van der Waals surface area contributed by atoms with Crippen molar-refractivity contribution in [2.24, 2.45) is 0 Å². The molecule has 1 atom stereocenters. The van der Waals surface area contributed by atoms with Crippen molar-refractivity contribution in [3.8, 4) is 11.1 Å². The van der Waals surface area contributed by atoms with E-state index < -0.39 is 5.60 Å². The van der Waals surface area contributed by atoms with Gasteiger partial charge in [0.05, 0.1) is 11.9 Å². The van der Waals surface area contributed by atoms with Gasteiger partial charge in [-0.05, 0) is 57.7 Å². The highest BCUT2D eigenvalue weighted by Gasteiger charge is 2.27. The number of carbonyl (C=O) groups excluding carboxylic acids is 1. The minimum Gasteiger partial charge on any atom is -0.444 e. The molecule has 2 aromatic rings. The van der Waals surface area contributed by atoms with Crippen LogP contribution in [0.2, 0.25) is 0 Å². The molecule has 2 aliphatic heterocycles. The standard InChI is InChI=1S/C23H31FN4O3/c1-23(2,3)31-22(29)27-11-9-26(10-12-27)20-8-7-17(14-19(20)24)18-15-25-28(16-18)21-6-4-5-13-30-21/h7-8,14-16,21H,4-6,9-13H2,1-3H3. The predicted molar refractivity (Wildman–Crippen MR) is 116 cm³/mol. The molecule has 0 spiro atoms. The van der Waals surface area contributed by atoms with Crippen LogP contribution in [0.5, 0.6) is 0 Å². The molecule has 1 amide bonds. The zero-order valence-corrected chi connectivity index (χ0v) is 18.5. The van der Waals surface area contributed by atoms with Crippen LogP contribution in [-0.2, 0) is 9.47 Å². The van der Waals surface area contributed by atoms with Gasteiger partial charge in [0.15, 0.2) is 0 Å². The lowest BCUT2D eigenvalue weighted by molar-refractivity contribution is -0.0394. The summed E-state index contributed by atoms with van der Waals surface area (Å²) in [5.74, 6) is -0.273. The zero-order valence-electron chi connectivity index (χ0n) is 18.5. The molecule has 2 aliphatic rings. The molecule has 1 unspecified atom stereocenters. The minimum absolute atomic E-state index is 0.0344. The van der Waals surface area contributed by atoms with Crippen LogP contribution < -0.4 is 4.90 Å². The molecular formula is C23H31FN4O3. The summed E-state index contributed by atoms with van der Waals surface area (Å²) in [6.07, 6.45) is 6.49. The van der Waals surface area contributed by atoms with Gasteiger partial charge in [0, 0.05) is 44.5 Å². The molecule has 3 heterocycles. The van der Waals surface area contributed by atoms with Crippen LogP contribution in [0.25, 0.3) is 11.1 Å². The van der Waals surface area contributed by atoms with Crippen molar-refractivity contribution in [2.75, 3.05) is 37.7 Å². The Morgan fingerprint density at radius 1 is 1.16 bits per heavy atom. The fraction of sp³-hybridized carbons (Fsp3) is 0.565. The molecule has 4 rings (SSSR count). The van der Waals surface area contributed by atoms with E-state index >= 15 is 0 Å². The Bertz CT molecular complexity index is 910. The summed E-state index contributed by atoms with van der Waals surface area (Å²) in [6, 6.07) is 5.28. The summed E-state index contributed by atoms with van der Waals surface area (Å²) in [7, 11) is 0. The number of halogens is 1. The number of carbonyl (C=O) groups is 1. The van der Waals surface area contributed by atoms with Crippen LogP contribution in [0.15, 0.2) is 30.6 Å². The molecule has 0 bridgehead atoms. The Labute approximate surface area is 182 Å². The lowest BCUT2D eigenvalue weighted by Gasteiger charge is -2.36. The third kappa shape index (κ3) is 5.18. The highest BCUT2D eigenvalue weighted by molar-refractivity contribution is 5.69. The molecule has 0 saturated carbocycles. The molecule has 1 aromatic heterocycles. The highest BCUT2D eigenvalue weighted by Crippen LogP contribution is 2.29. The van der Waals surface area contributed by atoms with E-state index in [1.807, 2.05) is 48.7 Å². The SMILES string of the molecule is CC(C)(C)OC(=O)N1CCN(c2ccc(-c3cnn(C4CCCCO4)c3)cc2F)CC1. The second-order valence-corrected chi connectivity index (χ2v) is 9.15. The van der Waals surface area contributed by atoms with E-state index in [4.69, 9.17) is 9.47 Å². The van der Waals surface area contributed by atoms with E-state index in [1.54, 1.807) is 17.2 Å². The van der Waals surface area contributed by atoms with Crippen molar-refractivity contribution in [2.45, 2.75) is 51.9 Å². The normalized spacial score (nSPS) is 20.1. The predicted octanol–water partition coefficient (Wildman–Crippen LogP) is 4.45. The number of nitrogens with zero attached hydrogens (tertiary/aromatic N) is 4. The molecule has 8 heteroatoms. The van der Waals surface area contributed by atoms with Gasteiger partial charge in [-0.1, -0.05) is 6.07 Å². The van der Waals surface area contributed by atoms with Crippen molar-refractivity contribution in [1.82, 2.24) is 14.7 Å². The van der Waals surface area contributed by atoms with Crippen molar-refractivity contribution < 1.29 is 18.7 Å². The molecule has 0 N–H and O–H groups in total. The van der Waals surface area contributed by atoms with Crippen LogP contribution in [0.4, 0.5) is 14.9 Å². The number of ether oxygens (including phenoxy) is 2. The molecule has 168 valence electrons. The number of hydrogen-bond donors (Lipinski definition) is 0. The monoisotopic (exact) mass is 430 g/mol. The summed E-state index contributed by atoms with van der Waals surface area (Å²) in [5, 5.41) is 4.42. The third-order valence-corrected chi connectivity index (χ3v) is 5.61. The van der Waals surface area contributed by atoms with E-state index in [9.17, 15) is 9.18 Å². The first-order chi connectivity index (χ1) is 14.8. The number of aromatic nitrogens is 2. The lowest BCUT2D eigenvalue weighted by Crippen LogP contribution is -2.50. The van der Waals surface area contributed by atoms with Gasteiger partial charge >= 0.3 is 6.09 Å². The maximum Gasteiger partial charge on any atom is 0.410 e. The molecule has 0 aliphatic carbocycles. The summed E-state index contributed by atoms with van der Waals surface area (Å²) in [4.78, 5) is 15.9. The molecule has 7 nitrogen and oxygen atoms in total. The van der Waals surface area contributed by atoms with E-state index in [0.29, 0.717) is 31.9 Å². The maximum atomic E-state index is 15.0. The number of hydrogen-bond acceptors (Lipinski definition) is 5. The summed E-state index contributed by atoms with van der Waals surface area (Å²) >= 11 is 0. The lowest BCUT2D eigenvalue weighted by atomic mass is 10.1. The number of benzene rings is 1. The van der Waals surface area contributed by atoms with Gasteiger partial charge in [-0.2, -0.15) is 5.10 Å². The fourth-order valence-electron chi connectivity index (χ4n) is 3.98. The van der Waals surface area contributed by atoms with Crippen molar-refractivity contribution in [3.05, 3.63) is 36.4 Å². The number of rotatable bonds is 3. The van der Waals surface area contributed by atoms with Crippen LogP contribution in [0, 0.1) is 5.82 Å². The number of amides is 1. The first-order valence-corrected chi connectivity index (χ1v) is 11.0. The number of piperazine rings is 1. The fourth-order valence-corrected chi connectivity index (χ4v) is 3.98. The van der Waals surface area contributed by atoms with Crippen LogP contribution in [-0.4, -0.2) is 59.2 Å². The largest absolute Gasteiger partial charge is 0.444 e. The summed E-state index contributed by atoms with van der Waals surface area (Å²) < 4.78 is 28.0. The highest BCUT2D eigenvalue weighted by atomic mass is 19.1. The Morgan fingerprint density at radius 2 is 1.94 bits per heavy atom. The van der Waals surface area contributed by atoms with Crippen LogP contribution in [0.1, 0.15) is 46.3 Å². The second kappa shape index (κ2) is 8.86. The van der Waals surface area contributed by atoms with Gasteiger partial charge in [-0.15, -0.1) is 0 Å². The molecular weight excluding hydrogens is 399 g/mol. The van der Waals surface area contributed by atoms with Crippen molar-refractivity contribution in [1.29, 1.82) is 0 Å². The van der Waals surface area contributed by atoms with Gasteiger partial charge in [-0.25, -0.2) is 13.9 Å². The van der Waals surface area contributed by atoms with Crippen molar-refractivity contribution in [3.63, 3.8) is 0 Å². The van der Waals surface area contributed by atoms with Gasteiger partial charge < -0.3 is 19.3 Å². The van der Waals surface area contributed by atoms with Crippen LogP contribution in [0.3, 0.4) is 0 Å². The Hall–Kier alpha value is -2.61. The topological polar surface area (TPSA) is 59.8 Å².